The first-order valence-corrected chi connectivity index (χ1v) is 5.46. The number of para-hydroxylation sites is 1. The zero-order valence-corrected chi connectivity index (χ0v) is 9.47. The predicted octanol–water partition coefficient (Wildman–Crippen LogP) is 3.39. The van der Waals surface area contributed by atoms with Gasteiger partial charge in [-0.25, -0.2) is 4.98 Å². The molecule has 0 aliphatic carbocycles. The average Bonchev–Trinajstić information content (AvgIpc) is 2.71. The minimum Gasteiger partial charge on any atom is -0.456 e. The lowest BCUT2D eigenvalue weighted by molar-refractivity contribution is 0.631. The monoisotopic (exact) mass is 224 g/mol. The smallest absolute Gasteiger partial charge is 0.139 e. The maximum atomic E-state index is 5.90. The van der Waals surface area contributed by atoms with Gasteiger partial charge in [0, 0.05) is 11.6 Å². The average molecular weight is 224 g/mol. The van der Waals surface area contributed by atoms with Gasteiger partial charge in [-0.3, -0.25) is 0 Å². The lowest BCUT2D eigenvalue weighted by Crippen LogP contribution is -1.94. The summed E-state index contributed by atoms with van der Waals surface area (Å²) in [4.78, 5) is 4.10. The number of furan rings is 1. The summed E-state index contributed by atoms with van der Waals surface area (Å²) in [7, 11) is 0. The van der Waals surface area contributed by atoms with Crippen molar-refractivity contribution in [1.82, 2.24) is 4.98 Å². The second-order valence-electron chi connectivity index (χ2n) is 4.04. The molecule has 2 N–H and O–H groups in total. The standard InChI is InChI=1S/C14H12N2O/c1-9-6-7-16-14(15)13(9)12-8-10-4-2-3-5-11(10)17-12/h2-8H,1H3,(H2,15,16). The van der Waals surface area contributed by atoms with E-state index in [0.717, 1.165) is 27.9 Å². The molecule has 0 aliphatic heterocycles. The highest BCUT2D eigenvalue weighted by atomic mass is 16.3. The van der Waals surface area contributed by atoms with E-state index in [1.165, 1.54) is 0 Å². The Bertz CT molecular complexity index is 632. The number of anilines is 1. The molecule has 0 spiro atoms. The fraction of sp³-hybridized carbons (Fsp3) is 0.0714. The summed E-state index contributed by atoms with van der Waals surface area (Å²) in [6, 6.07) is 11.8. The van der Waals surface area contributed by atoms with Gasteiger partial charge in [-0.05, 0) is 30.7 Å². The molecule has 0 saturated heterocycles. The molecule has 2 heterocycles. The third-order valence-electron chi connectivity index (χ3n) is 2.86. The molecule has 2 aromatic heterocycles. The van der Waals surface area contributed by atoms with Gasteiger partial charge in [0.2, 0.25) is 0 Å². The molecule has 3 heteroatoms. The summed E-state index contributed by atoms with van der Waals surface area (Å²) in [6.45, 7) is 2.00. The molecule has 0 bridgehead atoms. The number of aromatic nitrogens is 1. The molecule has 0 fully saturated rings. The predicted molar refractivity (Wildman–Crippen MR) is 68.6 cm³/mol. The van der Waals surface area contributed by atoms with Gasteiger partial charge < -0.3 is 10.2 Å². The van der Waals surface area contributed by atoms with Gasteiger partial charge in [0.1, 0.15) is 17.2 Å². The molecule has 0 radical (unpaired) electrons. The van der Waals surface area contributed by atoms with E-state index in [1.54, 1.807) is 6.20 Å². The number of nitrogens with zero attached hydrogens (tertiary/aromatic N) is 1. The minimum absolute atomic E-state index is 0.504. The molecular weight excluding hydrogens is 212 g/mol. The van der Waals surface area contributed by atoms with E-state index in [0.29, 0.717) is 5.82 Å². The molecule has 1 aromatic carbocycles. The van der Waals surface area contributed by atoms with Crippen molar-refractivity contribution in [3.8, 4) is 11.3 Å². The third-order valence-corrected chi connectivity index (χ3v) is 2.86. The molecule has 0 unspecified atom stereocenters. The van der Waals surface area contributed by atoms with Crippen molar-refractivity contribution in [2.24, 2.45) is 0 Å². The maximum Gasteiger partial charge on any atom is 0.139 e. The Morgan fingerprint density at radius 2 is 2.00 bits per heavy atom. The Kier molecular flexibility index (Phi) is 2.11. The van der Waals surface area contributed by atoms with Crippen molar-refractivity contribution in [2.45, 2.75) is 6.92 Å². The third kappa shape index (κ3) is 1.56. The van der Waals surface area contributed by atoms with Crippen LogP contribution in [0, 0.1) is 6.92 Å². The number of aryl methyl sites for hydroxylation is 1. The second kappa shape index (κ2) is 3.63. The lowest BCUT2D eigenvalue weighted by atomic mass is 10.1. The molecule has 84 valence electrons. The van der Waals surface area contributed by atoms with Crippen LogP contribution in [-0.4, -0.2) is 4.98 Å². The number of hydrogen-bond donors (Lipinski definition) is 1. The number of nitrogen functional groups attached to an aromatic ring is 1. The van der Waals surface area contributed by atoms with Crippen molar-refractivity contribution in [3.05, 3.63) is 48.2 Å². The van der Waals surface area contributed by atoms with Crippen LogP contribution in [-0.2, 0) is 0 Å². The van der Waals surface area contributed by atoms with Gasteiger partial charge in [-0.15, -0.1) is 0 Å². The van der Waals surface area contributed by atoms with Crippen LogP contribution in [0.4, 0.5) is 5.82 Å². The maximum absolute atomic E-state index is 5.90. The highest BCUT2D eigenvalue weighted by molar-refractivity contribution is 5.85. The highest BCUT2D eigenvalue weighted by Gasteiger charge is 2.11. The quantitative estimate of drug-likeness (QED) is 0.689. The Morgan fingerprint density at radius 1 is 1.18 bits per heavy atom. The summed E-state index contributed by atoms with van der Waals surface area (Å²) < 4.78 is 5.80. The van der Waals surface area contributed by atoms with Gasteiger partial charge in [-0.2, -0.15) is 0 Å². The molecule has 3 nitrogen and oxygen atoms in total. The van der Waals surface area contributed by atoms with Gasteiger partial charge in [0.05, 0.1) is 5.56 Å². The van der Waals surface area contributed by atoms with E-state index >= 15 is 0 Å². The highest BCUT2D eigenvalue weighted by Crippen LogP contribution is 2.32. The Labute approximate surface area is 98.9 Å². The summed E-state index contributed by atoms with van der Waals surface area (Å²) in [5, 5.41) is 1.07. The Morgan fingerprint density at radius 3 is 2.76 bits per heavy atom. The van der Waals surface area contributed by atoms with Crippen LogP contribution in [0.3, 0.4) is 0 Å². The largest absolute Gasteiger partial charge is 0.456 e. The summed E-state index contributed by atoms with van der Waals surface area (Å²) >= 11 is 0. The first-order valence-electron chi connectivity index (χ1n) is 5.46. The fourth-order valence-electron chi connectivity index (χ4n) is 2.00. The molecule has 3 aromatic rings. The van der Waals surface area contributed by atoms with E-state index < -0.39 is 0 Å². The van der Waals surface area contributed by atoms with Crippen molar-refractivity contribution in [1.29, 1.82) is 0 Å². The van der Waals surface area contributed by atoms with E-state index in [9.17, 15) is 0 Å². The van der Waals surface area contributed by atoms with Gasteiger partial charge in [0.15, 0.2) is 0 Å². The van der Waals surface area contributed by atoms with Crippen molar-refractivity contribution >= 4 is 16.8 Å². The summed E-state index contributed by atoms with van der Waals surface area (Å²) in [5.74, 6) is 1.28. The van der Waals surface area contributed by atoms with Crippen molar-refractivity contribution in [3.63, 3.8) is 0 Å². The number of pyridine rings is 1. The Balaban J connectivity index is 2.27. The topological polar surface area (TPSA) is 52.0 Å². The first-order chi connectivity index (χ1) is 8.25. The molecule has 0 aliphatic rings. The molecular formula is C14H12N2O. The summed E-state index contributed by atoms with van der Waals surface area (Å²) in [5.41, 5.74) is 8.71. The van der Waals surface area contributed by atoms with Crippen LogP contribution >= 0.6 is 0 Å². The minimum atomic E-state index is 0.504. The molecule has 0 amide bonds. The SMILES string of the molecule is Cc1ccnc(N)c1-c1cc2ccccc2o1. The van der Waals surface area contributed by atoms with E-state index in [4.69, 9.17) is 10.2 Å². The molecule has 3 rings (SSSR count). The van der Waals surface area contributed by atoms with Crippen molar-refractivity contribution < 1.29 is 4.42 Å². The van der Waals surface area contributed by atoms with Crippen LogP contribution in [0.2, 0.25) is 0 Å². The first kappa shape index (κ1) is 9.90. The van der Waals surface area contributed by atoms with Gasteiger partial charge in [0.25, 0.3) is 0 Å². The number of fused-ring (bicyclic) bond motifs is 1. The summed E-state index contributed by atoms with van der Waals surface area (Å²) in [6.07, 6.45) is 1.71. The molecule has 17 heavy (non-hydrogen) atoms. The lowest BCUT2D eigenvalue weighted by Gasteiger charge is -2.04. The van der Waals surface area contributed by atoms with Crippen LogP contribution in [0.1, 0.15) is 5.56 Å². The number of hydrogen-bond acceptors (Lipinski definition) is 3. The van der Waals surface area contributed by atoms with Crippen LogP contribution in [0.15, 0.2) is 47.0 Å². The van der Waals surface area contributed by atoms with Crippen molar-refractivity contribution in [2.75, 3.05) is 5.73 Å². The molecule has 0 saturated carbocycles. The number of nitrogens with two attached hydrogens (primary N) is 1. The van der Waals surface area contributed by atoms with E-state index in [-0.39, 0.29) is 0 Å². The number of benzene rings is 1. The zero-order chi connectivity index (χ0) is 11.8. The van der Waals surface area contributed by atoms with Gasteiger partial charge in [-0.1, -0.05) is 18.2 Å². The van der Waals surface area contributed by atoms with E-state index in [1.807, 2.05) is 43.3 Å². The van der Waals surface area contributed by atoms with Crippen LogP contribution in [0.5, 0.6) is 0 Å². The Hall–Kier alpha value is -2.29. The molecule has 0 atom stereocenters. The van der Waals surface area contributed by atoms with Gasteiger partial charge >= 0.3 is 0 Å². The van der Waals surface area contributed by atoms with E-state index in [2.05, 4.69) is 4.98 Å². The van der Waals surface area contributed by atoms with Crippen LogP contribution in [0.25, 0.3) is 22.3 Å². The number of rotatable bonds is 1. The van der Waals surface area contributed by atoms with Crippen LogP contribution < -0.4 is 5.73 Å². The second-order valence-corrected chi connectivity index (χ2v) is 4.04. The normalized spacial score (nSPS) is 10.9. The zero-order valence-electron chi connectivity index (χ0n) is 9.47. The fourth-order valence-corrected chi connectivity index (χ4v) is 2.00.